The molecule has 1 aromatic carbocycles. The molecule has 0 atom stereocenters. The average molecular weight is 456 g/mol. The van der Waals surface area contributed by atoms with Crippen molar-refractivity contribution in [3.8, 4) is 17.1 Å². The Kier molecular flexibility index (Phi) is 7.59. The van der Waals surface area contributed by atoms with E-state index in [4.69, 9.17) is 13.9 Å². The summed E-state index contributed by atoms with van der Waals surface area (Å²) < 4.78 is 16.1. The number of rotatable bonds is 10. The van der Waals surface area contributed by atoms with Crippen LogP contribution in [0.5, 0.6) is 5.75 Å². The Hall–Kier alpha value is -3.37. The van der Waals surface area contributed by atoms with Crippen molar-refractivity contribution in [2.24, 2.45) is 0 Å². The summed E-state index contributed by atoms with van der Waals surface area (Å²) >= 11 is 0. The number of pyridine rings is 1. The molecule has 10 heteroatoms. The van der Waals surface area contributed by atoms with E-state index in [-0.39, 0.29) is 11.3 Å². The van der Waals surface area contributed by atoms with Crippen molar-refractivity contribution < 1.29 is 18.7 Å². The maximum atomic E-state index is 12.7. The molecule has 3 heterocycles. The van der Waals surface area contributed by atoms with Crippen LogP contribution in [-0.2, 0) is 9.53 Å². The highest BCUT2D eigenvalue weighted by Crippen LogP contribution is 2.32. The quantitative estimate of drug-likeness (QED) is 0.396. The molecule has 0 unspecified atom stereocenters. The number of hydrogen-bond acceptors (Lipinski definition) is 8. The van der Waals surface area contributed by atoms with E-state index in [1.165, 1.54) is 12.5 Å². The Bertz CT molecular complexity index is 1120. The van der Waals surface area contributed by atoms with Gasteiger partial charge in [0.1, 0.15) is 11.6 Å². The molecule has 1 saturated heterocycles. The molecule has 0 aliphatic carbocycles. The summed E-state index contributed by atoms with van der Waals surface area (Å²) in [6.45, 7) is 5.38. The number of oxazole rings is 1. The third kappa shape index (κ3) is 5.91. The first-order chi connectivity index (χ1) is 16.1. The lowest BCUT2D eigenvalue weighted by molar-refractivity contribution is -0.121. The zero-order valence-electron chi connectivity index (χ0n) is 18.7. The van der Waals surface area contributed by atoms with E-state index in [1.54, 1.807) is 25.4 Å². The minimum absolute atomic E-state index is 0.0294. The number of fused-ring (bicyclic) bond motifs is 1. The standard InChI is InChI=1S/C23H29N5O5/c1-31-20-12-18-16(11-17(20)21-14-24-15-33-21)19(29)13-22(27-18)25-4-2-3-23(30)26-5-6-28-7-9-32-10-8-28/h11-15H,2-10H2,1H3,(H,26,30)(H2,25,27,29). The second-order valence-corrected chi connectivity index (χ2v) is 7.85. The van der Waals surface area contributed by atoms with Gasteiger partial charge in [-0.25, -0.2) is 4.98 Å². The minimum Gasteiger partial charge on any atom is -0.496 e. The number of morpholine rings is 1. The van der Waals surface area contributed by atoms with Gasteiger partial charge in [0.15, 0.2) is 17.6 Å². The van der Waals surface area contributed by atoms with Crippen LogP contribution in [0, 0.1) is 0 Å². The first kappa shape index (κ1) is 22.8. The van der Waals surface area contributed by atoms with Crippen LogP contribution in [0.25, 0.3) is 22.2 Å². The summed E-state index contributed by atoms with van der Waals surface area (Å²) in [6, 6.07) is 5.02. The molecule has 0 saturated carbocycles. The molecular weight excluding hydrogens is 426 g/mol. The van der Waals surface area contributed by atoms with E-state index in [0.29, 0.717) is 59.7 Å². The normalized spacial score (nSPS) is 14.3. The van der Waals surface area contributed by atoms with Gasteiger partial charge in [0.05, 0.1) is 37.6 Å². The van der Waals surface area contributed by atoms with Gasteiger partial charge in [-0.2, -0.15) is 0 Å². The van der Waals surface area contributed by atoms with Gasteiger partial charge in [0.2, 0.25) is 5.91 Å². The van der Waals surface area contributed by atoms with Gasteiger partial charge in [-0.15, -0.1) is 0 Å². The lowest BCUT2D eigenvalue weighted by Crippen LogP contribution is -2.41. The zero-order valence-corrected chi connectivity index (χ0v) is 18.7. The molecule has 1 fully saturated rings. The van der Waals surface area contributed by atoms with E-state index in [1.807, 2.05) is 0 Å². The smallest absolute Gasteiger partial charge is 0.220 e. The molecule has 0 bridgehead atoms. The van der Waals surface area contributed by atoms with Crippen molar-refractivity contribution in [2.75, 3.05) is 58.4 Å². The lowest BCUT2D eigenvalue weighted by Gasteiger charge is -2.26. The number of amides is 1. The van der Waals surface area contributed by atoms with Crippen molar-refractivity contribution in [3.63, 3.8) is 0 Å². The number of aromatic nitrogens is 2. The molecule has 0 radical (unpaired) electrons. The summed E-state index contributed by atoms with van der Waals surface area (Å²) in [6.07, 6.45) is 3.98. The number of carbonyl (C=O) groups is 1. The summed E-state index contributed by atoms with van der Waals surface area (Å²) in [7, 11) is 1.56. The number of anilines is 1. The molecule has 4 rings (SSSR count). The van der Waals surface area contributed by atoms with Crippen LogP contribution >= 0.6 is 0 Å². The molecule has 1 aliphatic heterocycles. The van der Waals surface area contributed by atoms with Gasteiger partial charge in [-0.3, -0.25) is 14.5 Å². The fourth-order valence-corrected chi connectivity index (χ4v) is 3.82. The largest absolute Gasteiger partial charge is 0.496 e. The first-order valence-electron chi connectivity index (χ1n) is 11.1. The van der Waals surface area contributed by atoms with Gasteiger partial charge < -0.3 is 29.5 Å². The SMILES string of the molecule is COc1cc2[nH]c(NCCCC(=O)NCCN3CCOCC3)cc(=O)c2cc1-c1cnco1. The number of carbonyl (C=O) groups excluding carboxylic acids is 1. The first-order valence-corrected chi connectivity index (χ1v) is 11.1. The van der Waals surface area contributed by atoms with E-state index in [0.717, 1.165) is 32.8 Å². The third-order valence-corrected chi connectivity index (χ3v) is 5.60. The van der Waals surface area contributed by atoms with E-state index in [2.05, 4.69) is 25.5 Å². The zero-order chi connectivity index (χ0) is 23.0. The van der Waals surface area contributed by atoms with Crippen molar-refractivity contribution in [2.45, 2.75) is 12.8 Å². The highest BCUT2D eigenvalue weighted by Gasteiger charge is 2.14. The van der Waals surface area contributed by atoms with Crippen LogP contribution in [0.1, 0.15) is 12.8 Å². The molecule has 1 aliphatic rings. The predicted molar refractivity (Wildman–Crippen MR) is 125 cm³/mol. The summed E-state index contributed by atoms with van der Waals surface area (Å²) in [5.41, 5.74) is 1.18. The maximum absolute atomic E-state index is 12.7. The van der Waals surface area contributed by atoms with Gasteiger partial charge in [0.25, 0.3) is 0 Å². The van der Waals surface area contributed by atoms with E-state index < -0.39 is 0 Å². The molecule has 176 valence electrons. The summed E-state index contributed by atoms with van der Waals surface area (Å²) in [4.78, 5) is 34.2. The van der Waals surface area contributed by atoms with Crippen LogP contribution < -0.4 is 20.8 Å². The van der Waals surface area contributed by atoms with Crippen LogP contribution in [0.3, 0.4) is 0 Å². The van der Waals surface area contributed by atoms with Crippen LogP contribution in [0.4, 0.5) is 5.82 Å². The minimum atomic E-state index is -0.129. The summed E-state index contributed by atoms with van der Waals surface area (Å²) in [5.74, 6) is 1.72. The fraction of sp³-hybridized carbons (Fsp3) is 0.435. The number of methoxy groups -OCH3 is 1. The van der Waals surface area contributed by atoms with Crippen molar-refractivity contribution in [1.82, 2.24) is 20.2 Å². The second-order valence-electron chi connectivity index (χ2n) is 7.85. The predicted octanol–water partition coefficient (Wildman–Crippen LogP) is 1.83. The number of ether oxygens (including phenoxy) is 2. The van der Waals surface area contributed by atoms with Gasteiger partial charge in [0, 0.05) is 56.7 Å². The number of nitrogens with zero attached hydrogens (tertiary/aromatic N) is 2. The average Bonchev–Trinajstić information content (AvgIpc) is 3.37. The van der Waals surface area contributed by atoms with E-state index >= 15 is 0 Å². The van der Waals surface area contributed by atoms with Crippen LogP contribution in [-0.4, -0.2) is 73.8 Å². The Labute approximate surface area is 191 Å². The van der Waals surface area contributed by atoms with E-state index in [9.17, 15) is 9.59 Å². The van der Waals surface area contributed by atoms with Crippen molar-refractivity contribution >= 4 is 22.6 Å². The molecule has 2 aromatic heterocycles. The number of nitrogens with one attached hydrogen (secondary N) is 3. The van der Waals surface area contributed by atoms with Crippen molar-refractivity contribution in [1.29, 1.82) is 0 Å². The Balaban J connectivity index is 1.29. The highest BCUT2D eigenvalue weighted by molar-refractivity contribution is 5.88. The Morgan fingerprint density at radius 3 is 2.85 bits per heavy atom. The number of aromatic amines is 1. The molecule has 10 nitrogen and oxygen atoms in total. The fourth-order valence-electron chi connectivity index (χ4n) is 3.82. The summed E-state index contributed by atoms with van der Waals surface area (Å²) in [5, 5.41) is 6.67. The van der Waals surface area contributed by atoms with Gasteiger partial charge >= 0.3 is 0 Å². The van der Waals surface area contributed by atoms with Crippen LogP contribution in [0.2, 0.25) is 0 Å². The third-order valence-electron chi connectivity index (χ3n) is 5.60. The molecular formula is C23H29N5O5. The Morgan fingerprint density at radius 1 is 1.24 bits per heavy atom. The maximum Gasteiger partial charge on any atom is 0.220 e. The molecule has 33 heavy (non-hydrogen) atoms. The number of benzene rings is 1. The topological polar surface area (TPSA) is 122 Å². The number of H-pyrrole nitrogens is 1. The Morgan fingerprint density at radius 2 is 2.09 bits per heavy atom. The van der Waals surface area contributed by atoms with Crippen LogP contribution in [0.15, 0.2) is 40.0 Å². The van der Waals surface area contributed by atoms with Gasteiger partial charge in [-0.05, 0) is 12.5 Å². The second kappa shape index (κ2) is 11.0. The molecule has 1 amide bonds. The molecule has 3 N–H and O–H groups in total. The molecule has 0 spiro atoms. The van der Waals surface area contributed by atoms with Gasteiger partial charge in [-0.1, -0.05) is 0 Å². The number of hydrogen-bond donors (Lipinski definition) is 3. The monoisotopic (exact) mass is 455 g/mol. The lowest BCUT2D eigenvalue weighted by atomic mass is 10.1. The van der Waals surface area contributed by atoms with Crippen molar-refractivity contribution in [3.05, 3.63) is 41.0 Å². The molecule has 3 aromatic rings. The highest BCUT2D eigenvalue weighted by atomic mass is 16.5.